The minimum atomic E-state index is -0.632. The number of hydrogen-bond donors (Lipinski definition) is 1. The fraction of sp³-hybridized carbons (Fsp3) is 0.0909. The number of aliphatic hydroxyl groups excluding tert-OH is 1. The summed E-state index contributed by atoms with van der Waals surface area (Å²) in [5, 5.41) is 20.1. The van der Waals surface area contributed by atoms with Gasteiger partial charge in [0.05, 0.1) is 11.0 Å². The van der Waals surface area contributed by atoms with Gasteiger partial charge in [-0.15, -0.1) is 0 Å². The first kappa shape index (κ1) is 10.4. The molecule has 0 spiro atoms. The summed E-state index contributed by atoms with van der Waals surface area (Å²) in [7, 11) is 0. The third kappa shape index (κ3) is 1.94. The molecule has 0 saturated carbocycles. The van der Waals surface area contributed by atoms with Gasteiger partial charge in [0.1, 0.15) is 18.0 Å². The van der Waals surface area contributed by atoms with Crippen LogP contribution in [0, 0.1) is 10.1 Å². The van der Waals surface area contributed by atoms with Gasteiger partial charge in [0, 0.05) is 5.39 Å². The summed E-state index contributed by atoms with van der Waals surface area (Å²) < 4.78 is 5.36. The largest absolute Gasteiger partial charge is 0.456 e. The normalized spacial score (nSPS) is 11.9. The smallest absolute Gasteiger partial charge is 0.275 e. The van der Waals surface area contributed by atoms with Crippen LogP contribution in [-0.4, -0.2) is 16.6 Å². The van der Waals surface area contributed by atoms with Gasteiger partial charge < -0.3 is 9.52 Å². The van der Waals surface area contributed by atoms with Gasteiger partial charge in [0.25, 0.3) is 5.70 Å². The van der Waals surface area contributed by atoms with Crippen molar-refractivity contribution in [1.29, 1.82) is 0 Å². The highest BCUT2D eigenvalue weighted by Crippen LogP contribution is 2.20. The third-order valence-corrected chi connectivity index (χ3v) is 2.15. The summed E-state index contributed by atoms with van der Waals surface area (Å²) in [4.78, 5) is 9.85. The van der Waals surface area contributed by atoms with E-state index < -0.39 is 11.5 Å². The highest BCUT2D eigenvalue weighted by molar-refractivity contribution is 5.79. The molecule has 0 aliphatic carbocycles. The molecule has 2 aromatic rings. The van der Waals surface area contributed by atoms with Gasteiger partial charge in [0.15, 0.2) is 0 Å². The first-order chi connectivity index (χ1) is 7.70. The summed E-state index contributed by atoms with van der Waals surface area (Å²) in [5.74, 6) is 0.363. The van der Waals surface area contributed by atoms with Crippen LogP contribution in [0.15, 0.2) is 40.4 Å². The van der Waals surface area contributed by atoms with Crippen molar-refractivity contribution in [1.82, 2.24) is 0 Å². The molecule has 2 rings (SSSR count). The van der Waals surface area contributed by atoms with Crippen LogP contribution < -0.4 is 0 Å². The Balaban J connectivity index is 2.44. The quantitative estimate of drug-likeness (QED) is 0.633. The maximum atomic E-state index is 10.5. The van der Waals surface area contributed by atoms with Crippen molar-refractivity contribution in [2.45, 2.75) is 0 Å². The fourth-order valence-electron chi connectivity index (χ4n) is 1.39. The molecule has 0 unspecified atom stereocenters. The molecule has 1 N–H and O–H groups in total. The molecule has 5 nitrogen and oxygen atoms in total. The predicted molar refractivity (Wildman–Crippen MR) is 58.3 cm³/mol. The second-order valence-corrected chi connectivity index (χ2v) is 3.24. The van der Waals surface area contributed by atoms with Gasteiger partial charge in [-0.25, -0.2) is 0 Å². The average molecular weight is 219 g/mol. The van der Waals surface area contributed by atoms with Gasteiger partial charge in [0.2, 0.25) is 0 Å². The summed E-state index contributed by atoms with van der Waals surface area (Å²) in [6.45, 7) is -0.621. The Hall–Kier alpha value is -2.14. The van der Waals surface area contributed by atoms with Gasteiger partial charge in [-0.05, 0) is 12.1 Å². The van der Waals surface area contributed by atoms with Gasteiger partial charge >= 0.3 is 0 Å². The first-order valence-electron chi connectivity index (χ1n) is 4.65. The van der Waals surface area contributed by atoms with E-state index >= 15 is 0 Å². The second kappa shape index (κ2) is 4.16. The SMILES string of the molecule is O=[N+]([O-])C(=Cc1cc2ccccc2o1)CO. The van der Waals surface area contributed by atoms with Crippen LogP contribution in [0.1, 0.15) is 5.76 Å². The van der Waals surface area contributed by atoms with Crippen LogP contribution >= 0.6 is 0 Å². The molecule has 0 aliphatic rings. The molecule has 82 valence electrons. The monoisotopic (exact) mass is 219 g/mol. The minimum Gasteiger partial charge on any atom is -0.456 e. The van der Waals surface area contributed by atoms with E-state index in [9.17, 15) is 10.1 Å². The average Bonchev–Trinajstić information content (AvgIpc) is 2.67. The van der Waals surface area contributed by atoms with Crippen LogP contribution in [0.2, 0.25) is 0 Å². The topological polar surface area (TPSA) is 76.5 Å². The first-order valence-corrected chi connectivity index (χ1v) is 4.65. The zero-order chi connectivity index (χ0) is 11.5. The number of hydrogen-bond acceptors (Lipinski definition) is 4. The van der Waals surface area contributed by atoms with Gasteiger partial charge in [-0.3, -0.25) is 10.1 Å². The van der Waals surface area contributed by atoms with Crippen molar-refractivity contribution >= 4 is 17.0 Å². The van der Waals surface area contributed by atoms with Crippen molar-refractivity contribution in [3.63, 3.8) is 0 Å². The highest BCUT2D eigenvalue weighted by Gasteiger charge is 2.10. The Bertz CT molecular complexity index is 523. The van der Waals surface area contributed by atoms with Gasteiger partial charge in [-0.2, -0.15) is 0 Å². The molecule has 0 atom stereocenters. The lowest BCUT2D eigenvalue weighted by Gasteiger charge is -1.90. The van der Waals surface area contributed by atoms with Gasteiger partial charge in [-0.1, -0.05) is 18.2 Å². The number of aliphatic hydroxyl groups is 1. The van der Waals surface area contributed by atoms with E-state index in [1.807, 2.05) is 18.2 Å². The molecular formula is C11H9NO4. The molecule has 0 amide bonds. The number of fused-ring (bicyclic) bond motifs is 1. The molecule has 0 aliphatic heterocycles. The Morgan fingerprint density at radius 3 is 2.88 bits per heavy atom. The van der Waals surface area contributed by atoms with Crippen LogP contribution in [0.5, 0.6) is 0 Å². The lowest BCUT2D eigenvalue weighted by Crippen LogP contribution is -2.02. The van der Waals surface area contributed by atoms with E-state index in [1.165, 1.54) is 6.08 Å². The Kier molecular flexibility index (Phi) is 2.70. The lowest BCUT2D eigenvalue weighted by molar-refractivity contribution is -0.428. The van der Waals surface area contributed by atoms with Crippen molar-refractivity contribution in [3.05, 3.63) is 51.9 Å². The summed E-state index contributed by atoms with van der Waals surface area (Å²) >= 11 is 0. The van der Waals surface area contributed by atoms with Crippen molar-refractivity contribution in [2.75, 3.05) is 6.61 Å². The number of nitrogens with zero attached hydrogens (tertiary/aromatic N) is 1. The number of para-hydroxylation sites is 1. The molecule has 1 heterocycles. The summed E-state index contributed by atoms with van der Waals surface area (Å²) in [5.41, 5.74) is 0.369. The standard InChI is InChI=1S/C11H9NO4/c13-7-9(12(14)15)6-10-5-8-3-1-2-4-11(8)16-10/h1-6,13H,7H2. The maximum Gasteiger partial charge on any atom is 0.275 e. The van der Waals surface area contributed by atoms with E-state index in [-0.39, 0.29) is 5.70 Å². The maximum absolute atomic E-state index is 10.5. The van der Waals surface area contributed by atoms with Crippen LogP contribution in [-0.2, 0) is 0 Å². The van der Waals surface area contributed by atoms with Crippen molar-refractivity contribution in [3.8, 4) is 0 Å². The second-order valence-electron chi connectivity index (χ2n) is 3.24. The molecule has 16 heavy (non-hydrogen) atoms. The Labute approximate surface area is 90.8 Å². The van der Waals surface area contributed by atoms with E-state index in [0.29, 0.717) is 11.3 Å². The number of benzene rings is 1. The van der Waals surface area contributed by atoms with E-state index in [0.717, 1.165) is 5.39 Å². The molecule has 0 bridgehead atoms. The van der Waals surface area contributed by atoms with Crippen molar-refractivity contribution < 1.29 is 14.4 Å². The third-order valence-electron chi connectivity index (χ3n) is 2.15. The predicted octanol–water partition coefficient (Wildman–Crippen LogP) is 2.04. The molecule has 0 fully saturated rings. The summed E-state index contributed by atoms with van der Waals surface area (Å²) in [6.07, 6.45) is 1.22. The van der Waals surface area contributed by atoms with E-state index in [2.05, 4.69) is 0 Å². The highest BCUT2D eigenvalue weighted by atomic mass is 16.6. The van der Waals surface area contributed by atoms with Crippen molar-refractivity contribution in [2.24, 2.45) is 0 Å². The zero-order valence-corrected chi connectivity index (χ0v) is 8.29. The fourth-order valence-corrected chi connectivity index (χ4v) is 1.39. The van der Waals surface area contributed by atoms with E-state index in [1.54, 1.807) is 12.1 Å². The molecule has 1 aromatic heterocycles. The summed E-state index contributed by atoms with van der Waals surface area (Å²) in [6, 6.07) is 8.98. The van der Waals surface area contributed by atoms with Crippen LogP contribution in [0.4, 0.5) is 0 Å². The number of furan rings is 1. The van der Waals surface area contributed by atoms with Crippen LogP contribution in [0.3, 0.4) is 0 Å². The zero-order valence-electron chi connectivity index (χ0n) is 8.29. The molecule has 1 aromatic carbocycles. The minimum absolute atomic E-state index is 0.293. The molecule has 5 heteroatoms. The molecular weight excluding hydrogens is 210 g/mol. The molecule has 0 saturated heterocycles. The number of rotatable bonds is 3. The van der Waals surface area contributed by atoms with E-state index in [4.69, 9.17) is 9.52 Å². The number of nitro groups is 1. The molecule has 0 radical (unpaired) electrons. The Morgan fingerprint density at radius 2 is 2.25 bits per heavy atom. The Morgan fingerprint density at radius 1 is 1.50 bits per heavy atom. The van der Waals surface area contributed by atoms with Crippen LogP contribution in [0.25, 0.3) is 17.0 Å². The lowest BCUT2D eigenvalue weighted by atomic mass is 10.2.